The van der Waals surface area contributed by atoms with E-state index in [1.165, 1.54) is 0 Å². The summed E-state index contributed by atoms with van der Waals surface area (Å²) in [5.41, 5.74) is 5.42. The van der Waals surface area contributed by atoms with Crippen molar-refractivity contribution in [3.8, 4) is 11.5 Å². The molecule has 158 valence electrons. The van der Waals surface area contributed by atoms with Gasteiger partial charge in [-0.3, -0.25) is 9.59 Å². The minimum absolute atomic E-state index is 0.216. The average Bonchev–Trinajstić information content (AvgIpc) is 2.82. The van der Waals surface area contributed by atoms with Crippen molar-refractivity contribution in [3.05, 3.63) is 89.5 Å². The molecule has 2 amide bonds. The van der Waals surface area contributed by atoms with Gasteiger partial charge in [0.15, 0.2) is 0 Å². The molecule has 0 aliphatic rings. The fourth-order valence-corrected chi connectivity index (χ4v) is 2.85. The summed E-state index contributed by atoms with van der Waals surface area (Å²) >= 11 is 0. The quantitative estimate of drug-likeness (QED) is 0.447. The van der Waals surface area contributed by atoms with Gasteiger partial charge >= 0.3 is 0 Å². The molecular formula is C24H23N3O4. The number of nitrogens with one attached hydrogen (secondary N) is 2. The zero-order chi connectivity index (χ0) is 22.2. The molecular weight excluding hydrogens is 394 g/mol. The van der Waals surface area contributed by atoms with Crippen LogP contribution in [0.25, 0.3) is 0 Å². The zero-order valence-electron chi connectivity index (χ0n) is 17.5. The molecule has 0 aliphatic carbocycles. The van der Waals surface area contributed by atoms with E-state index in [4.69, 9.17) is 9.47 Å². The molecule has 3 aromatic carbocycles. The molecule has 3 aromatic rings. The summed E-state index contributed by atoms with van der Waals surface area (Å²) in [6, 6.07) is 20.8. The summed E-state index contributed by atoms with van der Waals surface area (Å²) in [7, 11) is 3.14. The Kier molecular flexibility index (Phi) is 7.01. The number of methoxy groups -OCH3 is 2. The lowest BCUT2D eigenvalue weighted by atomic mass is 10.1. The Bertz CT molecular complexity index is 1090. The van der Waals surface area contributed by atoms with Gasteiger partial charge in [0, 0.05) is 28.4 Å². The number of ether oxygens (including phenoxy) is 2. The van der Waals surface area contributed by atoms with Gasteiger partial charge in [-0.2, -0.15) is 5.10 Å². The second-order valence-corrected chi connectivity index (χ2v) is 6.60. The minimum atomic E-state index is -0.368. The number of hydrogen-bond donors (Lipinski definition) is 2. The normalized spacial score (nSPS) is 10.9. The number of hydrazone groups is 1. The minimum Gasteiger partial charge on any atom is -0.497 e. The Hall–Kier alpha value is -4.13. The molecule has 7 heteroatoms. The zero-order valence-corrected chi connectivity index (χ0v) is 17.5. The highest BCUT2D eigenvalue weighted by atomic mass is 16.5. The molecule has 3 rings (SSSR count). The molecule has 0 heterocycles. The Morgan fingerprint density at radius 1 is 0.806 bits per heavy atom. The largest absolute Gasteiger partial charge is 0.497 e. The molecule has 2 N–H and O–H groups in total. The van der Waals surface area contributed by atoms with E-state index in [1.54, 1.807) is 81.8 Å². The van der Waals surface area contributed by atoms with E-state index in [1.807, 2.05) is 12.1 Å². The van der Waals surface area contributed by atoms with Crippen molar-refractivity contribution < 1.29 is 19.1 Å². The number of nitrogens with zero attached hydrogens (tertiary/aromatic N) is 1. The number of benzene rings is 3. The van der Waals surface area contributed by atoms with Gasteiger partial charge in [0.25, 0.3) is 11.8 Å². The van der Waals surface area contributed by atoms with Crippen molar-refractivity contribution in [2.45, 2.75) is 6.92 Å². The van der Waals surface area contributed by atoms with E-state index in [0.717, 1.165) is 5.56 Å². The summed E-state index contributed by atoms with van der Waals surface area (Å²) in [6.45, 7) is 1.77. The van der Waals surface area contributed by atoms with Crippen LogP contribution in [0.2, 0.25) is 0 Å². The average molecular weight is 417 g/mol. The van der Waals surface area contributed by atoms with Gasteiger partial charge in [0.05, 0.1) is 19.9 Å². The van der Waals surface area contributed by atoms with Gasteiger partial charge in [-0.1, -0.05) is 18.2 Å². The van der Waals surface area contributed by atoms with E-state index in [-0.39, 0.29) is 11.8 Å². The van der Waals surface area contributed by atoms with Crippen LogP contribution in [0, 0.1) is 0 Å². The standard InChI is InChI=1S/C24H23N3O4/c1-16(21-14-13-20(30-2)15-22(21)31-3)26-27-24(29)18-9-11-19(12-10-18)25-23(28)17-7-5-4-6-8-17/h4-15H,1-3H3,(H,25,28)(H,27,29)/b26-16+. The third kappa shape index (κ3) is 5.48. The van der Waals surface area contributed by atoms with E-state index in [0.29, 0.717) is 34.0 Å². The highest BCUT2D eigenvalue weighted by Crippen LogP contribution is 2.25. The number of anilines is 1. The van der Waals surface area contributed by atoms with Crippen molar-refractivity contribution in [2.24, 2.45) is 5.10 Å². The first-order valence-electron chi connectivity index (χ1n) is 9.55. The van der Waals surface area contributed by atoms with Crippen molar-refractivity contribution in [1.82, 2.24) is 5.43 Å². The van der Waals surface area contributed by atoms with E-state index < -0.39 is 0 Å². The molecule has 0 saturated heterocycles. The van der Waals surface area contributed by atoms with Gasteiger partial charge in [-0.15, -0.1) is 0 Å². The number of carbonyl (C=O) groups excluding carboxylic acids is 2. The van der Waals surface area contributed by atoms with Gasteiger partial charge in [-0.25, -0.2) is 5.43 Å². The first kappa shape index (κ1) is 21.6. The Balaban J connectivity index is 1.65. The second-order valence-electron chi connectivity index (χ2n) is 6.60. The van der Waals surface area contributed by atoms with Crippen molar-refractivity contribution in [1.29, 1.82) is 0 Å². The van der Waals surface area contributed by atoms with Crippen molar-refractivity contribution in [3.63, 3.8) is 0 Å². The fraction of sp³-hybridized carbons (Fsp3) is 0.125. The predicted molar refractivity (Wildman–Crippen MR) is 120 cm³/mol. The van der Waals surface area contributed by atoms with Crippen LogP contribution in [0.4, 0.5) is 5.69 Å². The predicted octanol–water partition coefficient (Wildman–Crippen LogP) is 4.11. The highest BCUT2D eigenvalue weighted by molar-refractivity contribution is 6.05. The summed E-state index contributed by atoms with van der Waals surface area (Å²) in [6.07, 6.45) is 0. The number of hydrogen-bond acceptors (Lipinski definition) is 5. The summed E-state index contributed by atoms with van der Waals surface area (Å²) in [4.78, 5) is 24.6. The maximum Gasteiger partial charge on any atom is 0.271 e. The van der Waals surface area contributed by atoms with Crippen LogP contribution in [-0.2, 0) is 0 Å². The number of rotatable bonds is 7. The molecule has 0 radical (unpaired) electrons. The smallest absolute Gasteiger partial charge is 0.271 e. The molecule has 0 saturated carbocycles. The Labute approximate surface area is 180 Å². The number of carbonyl (C=O) groups is 2. The van der Waals surface area contributed by atoms with Crippen LogP contribution < -0.4 is 20.2 Å². The lowest BCUT2D eigenvalue weighted by molar-refractivity contribution is 0.0954. The van der Waals surface area contributed by atoms with E-state index in [2.05, 4.69) is 15.8 Å². The first-order valence-corrected chi connectivity index (χ1v) is 9.55. The van der Waals surface area contributed by atoms with Crippen molar-refractivity contribution in [2.75, 3.05) is 19.5 Å². The summed E-state index contributed by atoms with van der Waals surface area (Å²) in [5, 5.41) is 6.97. The first-order chi connectivity index (χ1) is 15.0. The second kappa shape index (κ2) is 10.1. The van der Waals surface area contributed by atoms with Crippen LogP contribution in [0.3, 0.4) is 0 Å². The molecule has 0 fully saturated rings. The summed E-state index contributed by atoms with van der Waals surface area (Å²) in [5.74, 6) is 0.671. The van der Waals surface area contributed by atoms with Crippen LogP contribution in [0.15, 0.2) is 77.9 Å². The van der Waals surface area contributed by atoms with Crippen LogP contribution in [-0.4, -0.2) is 31.7 Å². The van der Waals surface area contributed by atoms with Crippen LogP contribution in [0.1, 0.15) is 33.2 Å². The van der Waals surface area contributed by atoms with Gasteiger partial charge in [0.1, 0.15) is 11.5 Å². The third-order valence-electron chi connectivity index (χ3n) is 4.56. The summed E-state index contributed by atoms with van der Waals surface area (Å²) < 4.78 is 10.6. The third-order valence-corrected chi connectivity index (χ3v) is 4.56. The van der Waals surface area contributed by atoms with Crippen LogP contribution >= 0.6 is 0 Å². The maximum absolute atomic E-state index is 12.4. The molecule has 0 aliphatic heterocycles. The molecule has 0 spiro atoms. The van der Waals surface area contributed by atoms with Crippen molar-refractivity contribution >= 4 is 23.2 Å². The van der Waals surface area contributed by atoms with Gasteiger partial charge in [0.2, 0.25) is 0 Å². The lowest BCUT2D eigenvalue weighted by Crippen LogP contribution is -2.19. The van der Waals surface area contributed by atoms with E-state index >= 15 is 0 Å². The SMILES string of the molecule is COc1ccc(/C(C)=N/NC(=O)c2ccc(NC(=O)c3ccccc3)cc2)c(OC)c1. The lowest BCUT2D eigenvalue weighted by Gasteiger charge is -2.10. The molecule has 31 heavy (non-hydrogen) atoms. The Morgan fingerprint density at radius 2 is 1.48 bits per heavy atom. The fourth-order valence-electron chi connectivity index (χ4n) is 2.85. The van der Waals surface area contributed by atoms with Gasteiger partial charge in [-0.05, 0) is 55.5 Å². The van der Waals surface area contributed by atoms with Gasteiger partial charge < -0.3 is 14.8 Å². The monoisotopic (exact) mass is 417 g/mol. The topological polar surface area (TPSA) is 89.0 Å². The van der Waals surface area contributed by atoms with Crippen LogP contribution in [0.5, 0.6) is 11.5 Å². The molecule has 0 unspecified atom stereocenters. The number of amides is 2. The molecule has 0 aromatic heterocycles. The maximum atomic E-state index is 12.4. The van der Waals surface area contributed by atoms with E-state index in [9.17, 15) is 9.59 Å². The molecule has 0 bridgehead atoms. The highest BCUT2D eigenvalue weighted by Gasteiger charge is 2.10. The Morgan fingerprint density at radius 3 is 2.13 bits per heavy atom. The molecule has 7 nitrogen and oxygen atoms in total. The molecule has 0 atom stereocenters.